The van der Waals surface area contributed by atoms with Crippen LogP contribution in [0.1, 0.15) is 31.1 Å². The van der Waals surface area contributed by atoms with Crippen LogP contribution in [0.3, 0.4) is 0 Å². The van der Waals surface area contributed by atoms with Gasteiger partial charge >= 0.3 is 0 Å². The van der Waals surface area contributed by atoms with Crippen molar-refractivity contribution in [2.75, 3.05) is 6.54 Å². The number of aromatic nitrogens is 3. The lowest BCUT2D eigenvalue weighted by Crippen LogP contribution is -2.41. The molecule has 118 valence electrons. The number of hydrogen-bond acceptors (Lipinski definition) is 4. The van der Waals surface area contributed by atoms with Crippen molar-refractivity contribution in [1.82, 2.24) is 25.4 Å². The van der Waals surface area contributed by atoms with Gasteiger partial charge in [0.15, 0.2) is 0 Å². The second kappa shape index (κ2) is 7.70. The molecule has 0 aliphatic rings. The Morgan fingerprint density at radius 1 is 1.36 bits per heavy atom. The summed E-state index contributed by atoms with van der Waals surface area (Å²) in [5, 5.41) is 10.4. The van der Waals surface area contributed by atoms with Gasteiger partial charge < -0.3 is 10.6 Å². The van der Waals surface area contributed by atoms with Gasteiger partial charge in [0.1, 0.15) is 0 Å². The van der Waals surface area contributed by atoms with Crippen LogP contribution in [0.5, 0.6) is 0 Å². The lowest BCUT2D eigenvalue weighted by atomic mass is 10.2. The molecule has 6 nitrogen and oxygen atoms in total. The molecule has 0 aromatic carbocycles. The van der Waals surface area contributed by atoms with Gasteiger partial charge in [0.2, 0.25) is 5.91 Å². The van der Waals surface area contributed by atoms with Crippen LogP contribution in [0.4, 0.5) is 0 Å². The number of amides is 1. The summed E-state index contributed by atoms with van der Waals surface area (Å²) in [7, 11) is 0. The van der Waals surface area contributed by atoms with Gasteiger partial charge in [-0.25, -0.2) is 0 Å². The van der Waals surface area contributed by atoms with Crippen LogP contribution in [0.15, 0.2) is 36.8 Å². The highest BCUT2D eigenvalue weighted by Gasteiger charge is 2.15. The van der Waals surface area contributed by atoms with Crippen molar-refractivity contribution in [3.8, 4) is 0 Å². The number of pyridine rings is 1. The zero-order valence-electron chi connectivity index (χ0n) is 13.3. The predicted octanol–water partition coefficient (Wildman–Crippen LogP) is 1.44. The highest BCUT2D eigenvalue weighted by molar-refractivity contribution is 5.77. The minimum Gasteiger partial charge on any atom is -0.349 e. The minimum absolute atomic E-state index is 0.0404. The number of rotatable bonds is 7. The summed E-state index contributed by atoms with van der Waals surface area (Å²) in [4.78, 5) is 16.0. The van der Waals surface area contributed by atoms with Gasteiger partial charge in [0.25, 0.3) is 0 Å². The summed E-state index contributed by atoms with van der Waals surface area (Å²) in [6.45, 7) is 6.87. The molecule has 0 bridgehead atoms. The van der Waals surface area contributed by atoms with E-state index in [1.807, 2.05) is 49.1 Å². The Bertz CT molecular complexity index is 596. The molecule has 6 heteroatoms. The van der Waals surface area contributed by atoms with Crippen LogP contribution < -0.4 is 10.6 Å². The number of aryl methyl sites for hydroxylation is 1. The van der Waals surface area contributed by atoms with Gasteiger partial charge in [-0.2, -0.15) is 5.10 Å². The molecule has 0 aliphatic heterocycles. The minimum atomic E-state index is -0.0404. The lowest BCUT2D eigenvalue weighted by molar-refractivity contribution is -0.120. The van der Waals surface area contributed by atoms with E-state index in [0.717, 1.165) is 11.3 Å². The van der Waals surface area contributed by atoms with E-state index >= 15 is 0 Å². The molecular formula is C16H23N5O. The number of nitrogens with one attached hydrogen (secondary N) is 2. The van der Waals surface area contributed by atoms with Crippen molar-refractivity contribution in [1.29, 1.82) is 0 Å². The molecular weight excluding hydrogens is 278 g/mol. The summed E-state index contributed by atoms with van der Waals surface area (Å²) in [5.74, 6) is -0.0404. The average Bonchev–Trinajstić information content (AvgIpc) is 2.97. The maximum absolute atomic E-state index is 11.9. The Morgan fingerprint density at radius 2 is 2.18 bits per heavy atom. The van der Waals surface area contributed by atoms with Crippen molar-refractivity contribution < 1.29 is 4.79 Å². The van der Waals surface area contributed by atoms with Crippen LogP contribution >= 0.6 is 0 Å². The molecule has 2 rings (SSSR count). The highest BCUT2D eigenvalue weighted by Crippen LogP contribution is 2.10. The number of hydrogen-bond donors (Lipinski definition) is 2. The fourth-order valence-corrected chi connectivity index (χ4v) is 2.06. The summed E-state index contributed by atoms with van der Waals surface area (Å²) in [6.07, 6.45) is 5.56. The maximum atomic E-state index is 11.9. The van der Waals surface area contributed by atoms with Crippen LogP contribution in [0.25, 0.3) is 0 Å². The molecule has 2 atom stereocenters. The third-order valence-corrected chi connectivity index (χ3v) is 3.65. The Labute approximate surface area is 130 Å². The largest absolute Gasteiger partial charge is 0.349 e. The quantitative estimate of drug-likeness (QED) is 0.812. The molecule has 2 aromatic rings. The second-order valence-electron chi connectivity index (χ2n) is 5.51. The van der Waals surface area contributed by atoms with E-state index in [2.05, 4.69) is 27.6 Å². The summed E-state index contributed by atoms with van der Waals surface area (Å²) in [5.41, 5.74) is 1.98. The average molecular weight is 301 g/mol. The smallest absolute Gasteiger partial charge is 0.234 e. The second-order valence-corrected chi connectivity index (χ2v) is 5.51. The summed E-state index contributed by atoms with van der Waals surface area (Å²) >= 11 is 0. The maximum Gasteiger partial charge on any atom is 0.234 e. The van der Waals surface area contributed by atoms with E-state index in [4.69, 9.17) is 0 Å². The number of carbonyl (C=O) groups excluding carboxylic acids is 1. The zero-order chi connectivity index (χ0) is 15.9. The monoisotopic (exact) mass is 301 g/mol. The van der Waals surface area contributed by atoms with Crippen molar-refractivity contribution in [2.45, 2.75) is 39.4 Å². The molecule has 0 fully saturated rings. The first kappa shape index (κ1) is 16.2. The van der Waals surface area contributed by atoms with Crippen LogP contribution in [-0.4, -0.2) is 33.3 Å². The van der Waals surface area contributed by atoms with E-state index in [1.165, 1.54) is 0 Å². The van der Waals surface area contributed by atoms with Gasteiger partial charge in [-0.3, -0.25) is 14.5 Å². The summed E-state index contributed by atoms with van der Waals surface area (Å²) < 4.78 is 1.92. The molecule has 0 unspecified atom stereocenters. The Hall–Kier alpha value is -2.21. The molecule has 2 aromatic heterocycles. The highest BCUT2D eigenvalue weighted by atomic mass is 16.1. The molecule has 0 aliphatic carbocycles. The molecule has 0 saturated carbocycles. The summed E-state index contributed by atoms with van der Waals surface area (Å²) in [6, 6.07) is 5.96. The van der Waals surface area contributed by atoms with E-state index in [-0.39, 0.29) is 24.5 Å². The van der Waals surface area contributed by atoms with Crippen molar-refractivity contribution in [2.24, 2.45) is 0 Å². The van der Waals surface area contributed by atoms with Crippen LogP contribution in [0.2, 0.25) is 0 Å². The SMILES string of the molecule is Cc1cnn([C@@H](C)[C@@H](C)NCC(=O)NCc2ccccn2)c1. The number of carbonyl (C=O) groups is 1. The molecule has 0 saturated heterocycles. The van der Waals surface area contributed by atoms with Crippen molar-refractivity contribution >= 4 is 5.91 Å². The van der Waals surface area contributed by atoms with Crippen molar-refractivity contribution in [3.63, 3.8) is 0 Å². The van der Waals surface area contributed by atoms with Gasteiger partial charge in [0.05, 0.1) is 31.0 Å². The topological polar surface area (TPSA) is 71.8 Å². The van der Waals surface area contributed by atoms with E-state index in [9.17, 15) is 4.79 Å². The van der Waals surface area contributed by atoms with Crippen LogP contribution in [-0.2, 0) is 11.3 Å². The molecule has 1 amide bonds. The molecule has 22 heavy (non-hydrogen) atoms. The first-order chi connectivity index (χ1) is 10.6. The Balaban J connectivity index is 1.73. The van der Waals surface area contributed by atoms with Gasteiger partial charge in [-0.1, -0.05) is 6.07 Å². The molecule has 0 spiro atoms. The fourth-order valence-electron chi connectivity index (χ4n) is 2.06. The first-order valence-electron chi connectivity index (χ1n) is 7.47. The molecule has 2 N–H and O–H groups in total. The zero-order valence-corrected chi connectivity index (χ0v) is 13.3. The number of nitrogens with zero attached hydrogens (tertiary/aromatic N) is 3. The first-order valence-corrected chi connectivity index (χ1v) is 7.47. The van der Waals surface area contributed by atoms with Gasteiger partial charge in [-0.15, -0.1) is 0 Å². The van der Waals surface area contributed by atoms with Gasteiger partial charge in [0, 0.05) is 18.4 Å². The molecule has 0 radical (unpaired) electrons. The third-order valence-electron chi connectivity index (χ3n) is 3.65. The fraction of sp³-hybridized carbons (Fsp3) is 0.438. The van der Waals surface area contributed by atoms with E-state index in [0.29, 0.717) is 6.54 Å². The Morgan fingerprint density at radius 3 is 2.82 bits per heavy atom. The molecule has 2 heterocycles. The lowest BCUT2D eigenvalue weighted by Gasteiger charge is -2.21. The normalized spacial score (nSPS) is 13.6. The Kier molecular flexibility index (Phi) is 5.66. The van der Waals surface area contributed by atoms with E-state index < -0.39 is 0 Å². The third kappa shape index (κ3) is 4.66. The van der Waals surface area contributed by atoms with Gasteiger partial charge in [-0.05, 0) is 38.5 Å². The van der Waals surface area contributed by atoms with E-state index in [1.54, 1.807) is 6.20 Å². The predicted molar refractivity (Wildman–Crippen MR) is 85.2 cm³/mol. The van der Waals surface area contributed by atoms with Crippen LogP contribution in [0, 0.1) is 6.92 Å². The van der Waals surface area contributed by atoms with Crippen molar-refractivity contribution in [3.05, 3.63) is 48.0 Å². The standard InChI is InChI=1S/C16H23N5O/c1-12-8-20-21(11-12)14(3)13(2)18-10-16(22)19-9-15-6-4-5-7-17-15/h4-8,11,13-14,18H,9-10H2,1-3H3,(H,19,22)/t13-,14+/m1/s1.